The summed E-state index contributed by atoms with van der Waals surface area (Å²) in [6.07, 6.45) is 0. The van der Waals surface area contributed by atoms with E-state index < -0.39 is 0 Å². The van der Waals surface area contributed by atoms with E-state index in [0.717, 1.165) is 0 Å². The monoisotopic (exact) mass is 305 g/mol. The Bertz CT molecular complexity index is 602. The van der Waals surface area contributed by atoms with Gasteiger partial charge < -0.3 is 21.1 Å². The molecular weight excluding hydrogens is 290 g/mol. The summed E-state index contributed by atoms with van der Waals surface area (Å²) in [7, 11) is 0. The molecule has 0 fully saturated rings. The summed E-state index contributed by atoms with van der Waals surface area (Å²) in [4.78, 5) is 11.6. The largest absolute Gasteiger partial charge is 0.492 e. The molecule has 0 aliphatic carbocycles. The molecule has 0 saturated heterocycles. The molecule has 2 aromatic rings. The van der Waals surface area contributed by atoms with Gasteiger partial charge in [0, 0.05) is 22.5 Å². The van der Waals surface area contributed by atoms with Gasteiger partial charge in [0.05, 0.1) is 6.54 Å². The predicted octanol–water partition coefficient (Wildman–Crippen LogP) is 3.12. The Hall–Kier alpha value is -2.40. The van der Waals surface area contributed by atoms with Crippen LogP contribution in [0.25, 0.3) is 0 Å². The topological polar surface area (TPSA) is 76.4 Å². The van der Waals surface area contributed by atoms with Crippen LogP contribution in [-0.2, 0) is 0 Å². The number of nitrogens with one attached hydrogen (secondary N) is 2. The smallest absolute Gasteiger partial charge is 0.319 e. The molecule has 2 rings (SSSR count). The third-order valence-corrected chi connectivity index (χ3v) is 2.87. The molecule has 110 valence electrons. The summed E-state index contributed by atoms with van der Waals surface area (Å²) < 4.78 is 5.46. The van der Waals surface area contributed by atoms with Crippen molar-refractivity contribution in [2.45, 2.75) is 0 Å². The van der Waals surface area contributed by atoms with E-state index in [1.807, 2.05) is 12.1 Å². The lowest BCUT2D eigenvalue weighted by Gasteiger charge is -2.09. The zero-order chi connectivity index (χ0) is 15.1. The van der Waals surface area contributed by atoms with Crippen molar-refractivity contribution >= 4 is 29.0 Å². The van der Waals surface area contributed by atoms with Crippen LogP contribution < -0.4 is 21.1 Å². The molecule has 5 nitrogen and oxygen atoms in total. The Kier molecular flexibility index (Phi) is 5.29. The molecule has 21 heavy (non-hydrogen) atoms. The highest BCUT2D eigenvalue weighted by Crippen LogP contribution is 2.14. The first-order valence-electron chi connectivity index (χ1n) is 6.42. The second-order valence-corrected chi connectivity index (χ2v) is 4.75. The van der Waals surface area contributed by atoms with Crippen molar-refractivity contribution in [3.05, 3.63) is 53.6 Å². The van der Waals surface area contributed by atoms with E-state index in [4.69, 9.17) is 22.1 Å². The molecule has 0 unspecified atom stereocenters. The maximum absolute atomic E-state index is 11.6. The van der Waals surface area contributed by atoms with Crippen LogP contribution >= 0.6 is 11.6 Å². The molecule has 0 heterocycles. The number of carbonyl (C=O) groups is 1. The molecule has 6 heteroatoms. The third kappa shape index (κ3) is 5.24. The third-order valence-electron chi connectivity index (χ3n) is 2.62. The second kappa shape index (κ2) is 7.40. The number of urea groups is 1. The first kappa shape index (κ1) is 15.0. The number of hydrogen-bond donors (Lipinski definition) is 3. The Labute approximate surface area is 128 Å². The number of amides is 2. The minimum Gasteiger partial charge on any atom is -0.492 e. The molecular formula is C15H16ClN3O2. The van der Waals surface area contributed by atoms with Gasteiger partial charge in [-0.05, 0) is 36.4 Å². The molecule has 0 aliphatic heterocycles. The van der Waals surface area contributed by atoms with E-state index in [0.29, 0.717) is 35.3 Å². The Morgan fingerprint density at radius 2 is 1.95 bits per heavy atom. The van der Waals surface area contributed by atoms with Crippen LogP contribution in [0.4, 0.5) is 16.2 Å². The summed E-state index contributed by atoms with van der Waals surface area (Å²) in [5.41, 5.74) is 6.95. The Morgan fingerprint density at radius 3 is 2.67 bits per heavy atom. The van der Waals surface area contributed by atoms with Crippen molar-refractivity contribution in [1.29, 1.82) is 0 Å². The molecule has 4 N–H and O–H groups in total. The molecule has 0 saturated carbocycles. The summed E-state index contributed by atoms with van der Waals surface area (Å²) in [5, 5.41) is 6.01. The van der Waals surface area contributed by atoms with Crippen LogP contribution in [0.1, 0.15) is 0 Å². The zero-order valence-corrected chi connectivity index (χ0v) is 12.1. The van der Waals surface area contributed by atoms with Gasteiger partial charge in [-0.1, -0.05) is 17.7 Å². The summed E-state index contributed by atoms with van der Waals surface area (Å²) in [6.45, 7) is 0.742. The summed E-state index contributed by atoms with van der Waals surface area (Å²) in [6, 6.07) is 13.7. The van der Waals surface area contributed by atoms with Gasteiger partial charge in [0.25, 0.3) is 0 Å². The van der Waals surface area contributed by atoms with Crippen LogP contribution in [0.2, 0.25) is 5.02 Å². The van der Waals surface area contributed by atoms with Gasteiger partial charge in [-0.2, -0.15) is 0 Å². The first-order chi connectivity index (χ1) is 10.1. The van der Waals surface area contributed by atoms with Gasteiger partial charge in [0.1, 0.15) is 12.4 Å². The van der Waals surface area contributed by atoms with E-state index in [-0.39, 0.29) is 6.03 Å². The second-order valence-electron chi connectivity index (χ2n) is 4.31. The van der Waals surface area contributed by atoms with Crippen LogP contribution in [0.3, 0.4) is 0 Å². The number of anilines is 2. The SMILES string of the molecule is Nc1cccc(OCCNC(=O)Nc2ccc(Cl)cc2)c1. The van der Waals surface area contributed by atoms with Crippen molar-refractivity contribution in [3.8, 4) is 5.75 Å². The highest BCUT2D eigenvalue weighted by Gasteiger charge is 2.01. The van der Waals surface area contributed by atoms with Crippen LogP contribution in [-0.4, -0.2) is 19.2 Å². The van der Waals surface area contributed by atoms with Gasteiger partial charge in [0.15, 0.2) is 0 Å². The van der Waals surface area contributed by atoms with E-state index in [2.05, 4.69) is 10.6 Å². The van der Waals surface area contributed by atoms with E-state index in [9.17, 15) is 4.79 Å². The molecule has 0 radical (unpaired) electrons. The molecule has 0 bridgehead atoms. The molecule has 2 amide bonds. The van der Waals surface area contributed by atoms with Crippen molar-refractivity contribution in [1.82, 2.24) is 5.32 Å². The number of hydrogen-bond acceptors (Lipinski definition) is 3. The fraction of sp³-hybridized carbons (Fsp3) is 0.133. The maximum atomic E-state index is 11.6. The number of rotatable bonds is 5. The lowest BCUT2D eigenvalue weighted by molar-refractivity contribution is 0.247. The minimum atomic E-state index is -0.298. The van der Waals surface area contributed by atoms with Gasteiger partial charge >= 0.3 is 6.03 Å². The highest BCUT2D eigenvalue weighted by molar-refractivity contribution is 6.30. The lowest BCUT2D eigenvalue weighted by atomic mass is 10.3. The molecule has 0 spiro atoms. The summed E-state index contributed by atoms with van der Waals surface area (Å²) in [5.74, 6) is 0.676. The quantitative estimate of drug-likeness (QED) is 0.587. The fourth-order valence-corrected chi connectivity index (χ4v) is 1.77. The van der Waals surface area contributed by atoms with Crippen molar-refractivity contribution in [2.75, 3.05) is 24.2 Å². The van der Waals surface area contributed by atoms with E-state index in [1.54, 1.807) is 36.4 Å². The van der Waals surface area contributed by atoms with Crippen molar-refractivity contribution < 1.29 is 9.53 Å². The van der Waals surface area contributed by atoms with Crippen LogP contribution in [0, 0.1) is 0 Å². The average molecular weight is 306 g/mol. The van der Waals surface area contributed by atoms with Gasteiger partial charge in [-0.3, -0.25) is 0 Å². The molecule has 2 aromatic carbocycles. The average Bonchev–Trinajstić information content (AvgIpc) is 2.46. The highest BCUT2D eigenvalue weighted by atomic mass is 35.5. The Balaban J connectivity index is 1.68. The molecule has 0 aliphatic rings. The number of carbonyl (C=O) groups excluding carboxylic acids is 1. The molecule has 0 atom stereocenters. The normalized spacial score (nSPS) is 9.95. The Morgan fingerprint density at radius 1 is 1.19 bits per heavy atom. The number of ether oxygens (including phenoxy) is 1. The van der Waals surface area contributed by atoms with Crippen LogP contribution in [0.5, 0.6) is 5.75 Å². The van der Waals surface area contributed by atoms with Crippen LogP contribution in [0.15, 0.2) is 48.5 Å². The number of benzene rings is 2. The maximum Gasteiger partial charge on any atom is 0.319 e. The van der Waals surface area contributed by atoms with Gasteiger partial charge in [-0.15, -0.1) is 0 Å². The standard InChI is InChI=1S/C15H16ClN3O2/c16-11-4-6-13(7-5-11)19-15(20)18-8-9-21-14-3-1-2-12(17)10-14/h1-7,10H,8-9,17H2,(H2,18,19,20). The predicted molar refractivity (Wildman–Crippen MR) is 84.8 cm³/mol. The lowest BCUT2D eigenvalue weighted by Crippen LogP contribution is -2.32. The fourth-order valence-electron chi connectivity index (χ4n) is 1.65. The van der Waals surface area contributed by atoms with Gasteiger partial charge in [0.2, 0.25) is 0 Å². The van der Waals surface area contributed by atoms with E-state index in [1.165, 1.54) is 0 Å². The number of nitrogens with two attached hydrogens (primary N) is 1. The first-order valence-corrected chi connectivity index (χ1v) is 6.80. The number of halogens is 1. The zero-order valence-electron chi connectivity index (χ0n) is 11.3. The summed E-state index contributed by atoms with van der Waals surface area (Å²) >= 11 is 5.77. The number of nitrogen functional groups attached to an aromatic ring is 1. The van der Waals surface area contributed by atoms with Crippen molar-refractivity contribution in [2.24, 2.45) is 0 Å². The van der Waals surface area contributed by atoms with Crippen molar-refractivity contribution in [3.63, 3.8) is 0 Å². The minimum absolute atomic E-state index is 0.298. The van der Waals surface area contributed by atoms with E-state index >= 15 is 0 Å². The van der Waals surface area contributed by atoms with Gasteiger partial charge in [-0.25, -0.2) is 4.79 Å². The molecule has 0 aromatic heterocycles.